The molecule has 0 unspecified atom stereocenters. The largest absolute Gasteiger partial charge is 0.463 e. The number of hydrogen-bond acceptors (Lipinski definition) is 4. The van der Waals surface area contributed by atoms with Crippen molar-refractivity contribution in [1.29, 1.82) is 0 Å². The average Bonchev–Trinajstić information content (AvgIpc) is 2.81. The van der Waals surface area contributed by atoms with Gasteiger partial charge in [0.15, 0.2) is 0 Å². The number of halogens is 1. The molecule has 0 N–H and O–H groups in total. The molecule has 1 fully saturated rings. The van der Waals surface area contributed by atoms with E-state index in [1.165, 1.54) is 12.8 Å². The van der Waals surface area contributed by atoms with E-state index in [9.17, 15) is 0 Å². The highest BCUT2D eigenvalue weighted by molar-refractivity contribution is 6.28. The zero-order valence-corrected chi connectivity index (χ0v) is 8.08. The Morgan fingerprint density at radius 1 is 1.38 bits per heavy atom. The molecule has 4 nitrogen and oxygen atoms in total. The molecule has 1 saturated carbocycles. The lowest BCUT2D eigenvalue weighted by atomic mass is 10.5. The Morgan fingerprint density at radius 2 is 2.15 bits per heavy atom. The Hall–Kier alpha value is -0.900. The van der Waals surface area contributed by atoms with E-state index in [4.69, 9.17) is 16.3 Å². The van der Waals surface area contributed by atoms with Crippen LogP contribution in [0.2, 0.25) is 5.28 Å². The van der Waals surface area contributed by atoms with Crippen molar-refractivity contribution in [3.05, 3.63) is 11.1 Å². The van der Waals surface area contributed by atoms with E-state index in [1.807, 2.05) is 0 Å². The van der Waals surface area contributed by atoms with Crippen molar-refractivity contribution in [1.82, 2.24) is 15.0 Å². The van der Waals surface area contributed by atoms with E-state index in [0.717, 1.165) is 0 Å². The molecule has 0 aliphatic heterocycles. The summed E-state index contributed by atoms with van der Waals surface area (Å²) >= 11 is 5.64. The highest BCUT2D eigenvalue weighted by Crippen LogP contribution is 2.28. The summed E-state index contributed by atoms with van der Waals surface area (Å²) in [7, 11) is 0. The third-order valence-electron chi connectivity index (χ3n) is 1.84. The van der Waals surface area contributed by atoms with Crippen LogP contribution in [0.4, 0.5) is 0 Å². The molecule has 0 spiro atoms. The fourth-order valence-electron chi connectivity index (χ4n) is 0.967. The summed E-state index contributed by atoms with van der Waals surface area (Å²) in [5, 5.41) is 0.193. The zero-order valence-electron chi connectivity index (χ0n) is 7.33. The van der Waals surface area contributed by atoms with Crippen molar-refractivity contribution in [3.63, 3.8) is 0 Å². The second-order valence-electron chi connectivity index (χ2n) is 3.19. The normalized spacial score (nSPS) is 15.8. The molecule has 0 aromatic carbocycles. The minimum absolute atomic E-state index is 0.193. The van der Waals surface area contributed by atoms with Gasteiger partial charge >= 0.3 is 6.01 Å². The van der Waals surface area contributed by atoms with Gasteiger partial charge in [0.1, 0.15) is 5.82 Å². The molecule has 1 aromatic rings. The maximum absolute atomic E-state index is 5.64. The summed E-state index contributed by atoms with van der Waals surface area (Å²) in [6.45, 7) is 2.46. The molecule has 1 aliphatic carbocycles. The molecule has 2 rings (SSSR count). The molecule has 0 bridgehead atoms. The van der Waals surface area contributed by atoms with Crippen molar-refractivity contribution < 1.29 is 4.74 Å². The Labute approximate surface area is 81.3 Å². The predicted octanol–water partition coefficient (Wildman–Crippen LogP) is 1.62. The number of aromatic nitrogens is 3. The van der Waals surface area contributed by atoms with Gasteiger partial charge in [0, 0.05) is 0 Å². The number of ether oxygens (including phenoxy) is 1. The van der Waals surface area contributed by atoms with Gasteiger partial charge in [-0.2, -0.15) is 9.97 Å². The van der Waals surface area contributed by atoms with Crippen LogP contribution in [0, 0.1) is 12.8 Å². The van der Waals surface area contributed by atoms with Crippen LogP contribution in [0.1, 0.15) is 18.7 Å². The quantitative estimate of drug-likeness (QED) is 0.742. The second-order valence-corrected chi connectivity index (χ2v) is 3.53. The molecule has 0 radical (unpaired) electrons. The van der Waals surface area contributed by atoms with E-state index in [-0.39, 0.29) is 5.28 Å². The van der Waals surface area contributed by atoms with Crippen LogP contribution in [-0.4, -0.2) is 21.6 Å². The first-order chi connectivity index (χ1) is 6.24. The van der Waals surface area contributed by atoms with Gasteiger partial charge in [0.2, 0.25) is 5.28 Å². The van der Waals surface area contributed by atoms with Crippen molar-refractivity contribution in [2.75, 3.05) is 6.61 Å². The fraction of sp³-hybridized carbons (Fsp3) is 0.625. The first kappa shape index (κ1) is 8.69. The van der Waals surface area contributed by atoms with E-state index in [2.05, 4.69) is 15.0 Å². The van der Waals surface area contributed by atoms with Gasteiger partial charge < -0.3 is 4.74 Å². The van der Waals surface area contributed by atoms with E-state index in [0.29, 0.717) is 24.4 Å². The molecular weight excluding hydrogens is 190 g/mol. The minimum Gasteiger partial charge on any atom is -0.463 e. The lowest BCUT2D eigenvalue weighted by molar-refractivity contribution is 0.274. The van der Waals surface area contributed by atoms with Gasteiger partial charge in [-0.1, -0.05) is 0 Å². The standard InChI is InChI=1S/C8H10ClN3O/c1-5-10-7(9)12-8(11-5)13-4-6-2-3-6/h6H,2-4H2,1H3. The second kappa shape index (κ2) is 3.46. The summed E-state index contributed by atoms with van der Waals surface area (Å²) in [4.78, 5) is 11.7. The van der Waals surface area contributed by atoms with Crippen LogP contribution in [0.25, 0.3) is 0 Å². The maximum atomic E-state index is 5.64. The maximum Gasteiger partial charge on any atom is 0.320 e. The van der Waals surface area contributed by atoms with Crippen molar-refractivity contribution >= 4 is 11.6 Å². The van der Waals surface area contributed by atoms with Gasteiger partial charge in [0.25, 0.3) is 0 Å². The summed E-state index contributed by atoms with van der Waals surface area (Å²) in [6.07, 6.45) is 2.50. The van der Waals surface area contributed by atoms with Crippen LogP contribution in [0.5, 0.6) is 6.01 Å². The van der Waals surface area contributed by atoms with Crippen LogP contribution in [0.15, 0.2) is 0 Å². The summed E-state index contributed by atoms with van der Waals surface area (Å²) in [5.41, 5.74) is 0. The predicted molar refractivity (Wildman–Crippen MR) is 47.8 cm³/mol. The van der Waals surface area contributed by atoms with Gasteiger partial charge in [-0.25, -0.2) is 4.98 Å². The Kier molecular flexibility index (Phi) is 2.31. The van der Waals surface area contributed by atoms with E-state index < -0.39 is 0 Å². The molecule has 70 valence electrons. The highest BCUT2D eigenvalue weighted by Gasteiger charge is 2.22. The molecule has 1 aromatic heterocycles. The number of nitrogens with zero attached hydrogens (tertiary/aromatic N) is 3. The third-order valence-corrected chi connectivity index (χ3v) is 2.01. The SMILES string of the molecule is Cc1nc(Cl)nc(OCC2CC2)n1. The molecular formula is C8H10ClN3O. The lowest BCUT2D eigenvalue weighted by Crippen LogP contribution is -2.04. The third kappa shape index (κ3) is 2.52. The van der Waals surface area contributed by atoms with Crippen LogP contribution in [0.3, 0.4) is 0 Å². The number of hydrogen-bond donors (Lipinski definition) is 0. The van der Waals surface area contributed by atoms with Crippen molar-refractivity contribution in [2.45, 2.75) is 19.8 Å². The minimum atomic E-state index is 0.193. The van der Waals surface area contributed by atoms with Gasteiger partial charge in [-0.3, -0.25) is 0 Å². The monoisotopic (exact) mass is 199 g/mol. The van der Waals surface area contributed by atoms with E-state index >= 15 is 0 Å². The van der Waals surface area contributed by atoms with Gasteiger partial charge in [0.05, 0.1) is 6.61 Å². The first-order valence-corrected chi connectivity index (χ1v) is 4.63. The van der Waals surface area contributed by atoms with Crippen molar-refractivity contribution in [2.24, 2.45) is 5.92 Å². The average molecular weight is 200 g/mol. The Bertz CT molecular complexity index is 294. The highest BCUT2D eigenvalue weighted by atomic mass is 35.5. The molecule has 0 saturated heterocycles. The Morgan fingerprint density at radius 3 is 2.77 bits per heavy atom. The first-order valence-electron chi connectivity index (χ1n) is 4.25. The summed E-state index contributed by atoms with van der Waals surface area (Å²) in [5.74, 6) is 1.28. The molecule has 0 atom stereocenters. The van der Waals surface area contributed by atoms with Crippen LogP contribution >= 0.6 is 11.6 Å². The van der Waals surface area contributed by atoms with Crippen LogP contribution in [-0.2, 0) is 0 Å². The topological polar surface area (TPSA) is 47.9 Å². The van der Waals surface area contributed by atoms with E-state index in [1.54, 1.807) is 6.92 Å². The summed E-state index contributed by atoms with van der Waals surface area (Å²) in [6, 6.07) is 0.337. The Balaban J connectivity index is 2.01. The zero-order chi connectivity index (χ0) is 9.26. The summed E-state index contributed by atoms with van der Waals surface area (Å²) < 4.78 is 5.34. The molecule has 13 heavy (non-hydrogen) atoms. The number of aryl methyl sites for hydroxylation is 1. The fourth-order valence-corrected chi connectivity index (χ4v) is 1.16. The molecule has 5 heteroatoms. The smallest absolute Gasteiger partial charge is 0.320 e. The molecule has 0 amide bonds. The number of rotatable bonds is 3. The van der Waals surface area contributed by atoms with Gasteiger partial charge in [-0.15, -0.1) is 0 Å². The molecule has 1 heterocycles. The van der Waals surface area contributed by atoms with Crippen LogP contribution < -0.4 is 4.74 Å². The molecule has 1 aliphatic rings. The lowest BCUT2D eigenvalue weighted by Gasteiger charge is -2.02. The van der Waals surface area contributed by atoms with Gasteiger partial charge in [-0.05, 0) is 37.3 Å². The van der Waals surface area contributed by atoms with Crippen molar-refractivity contribution in [3.8, 4) is 6.01 Å².